The molecule has 1 amide bonds. The summed E-state index contributed by atoms with van der Waals surface area (Å²) in [7, 11) is 1.69. The normalized spacial score (nSPS) is 13.0. The Morgan fingerprint density at radius 1 is 1.15 bits per heavy atom. The molecular formula is C29H35ClN6O3. The van der Waals surface area contributed by atoms with Crippen LogP contribution in [-0.4, -0.2) is 54.8 Å². The van der Waals surface area contributed by atoms with Gasteiger partial charge in [0, 0.05) is 43.5 Å². The number of nitrogens with one attached hydrogen (secondary N) is 4. The lowest BCUT2D eigenvalue weighted by atomic mass is 10.1. The molecule has 206 valence electrons. The summed E-state index contributed by atoms with van der Waals surface area (Å²) in [5, 5.41) is 13.5. The number of fused-ring (bicyclic) bond motifs is 1. The Labute approximate surface area is 234 Å². The molecule has 39 heavy (non-hydrogen) atoms. The third-order valence-electron chi connectivity index (χ3n) is 5.81. The molecule has 0 saturated heterocycles. The van der Waals surface area contributed by atoms with Gasteiger partial charge in [0.05, 0.1) is 17.2 Å². The summed E-state index contributed by atoms with van der Waals surface area (Å²) in [6.45, 7) is 8.81. The molecule has 1 aliphatic rings. The van der Waals surface area contributed by atoms with E-state index in [0.29, 0.717) is 34.5 Å². The second-order valence-electron chi connectivity index (χ2n) is 10.2. The number of aromatic nitrogens is 2. The molecule has 0 bridgehead atoms. The fourth-order valence-corrected chi connectivity index (χ4v) is 4.21. The Kier molecular flexibility index (Phi) is 9.40. The largest absolute Gasteiger partial charge is 0.456 e. The molecule has 0 unspecified atom stereocenters. The average Bonchev–Trinajstić information content (AvgIpc) is 3.10. The predicted molar refractivity (Wildman–Crippen MR) is 156 cm³/mol. The lowest BCUT2D eigenvalue weighted by molar-refractivity contribution is 0.0919. The number of carbonyl (C=O) groups is 1. The van der Waals surface area contributed by atoms with Crippen LogP contribution >= 0.6 is 11.6 Å². The number of carbonyl (C=O) groups excluding carboxylic acids is 1. The van der Waals surface area contributed by atoms with Gasteiger partial charge in [-0.3, -0.25) is 4.79 Å². The van der Waals surface area contributed by atoms with Crippen LogP contribution in [0.3, 0.4) is 0 Å². The van der Waals surface area contributed by atoms with E-state index >= 15 is 0 Å². The molecule has 0 atom stereocenters. The fourth-order valence-electron chi connectivity index (χ4n) is 3.99. The van der Waals surface area contributed by atoms with Crippen LogP contribution in [0.15, 0.2) is 54.4 Å². The van der Waals surface area contributed by atoms with Crippen molar-refractivity contribution in [3.05, 3.63) is 70.5 Å². The molecule has 4 N–H and O–H groups in total. The van der Waals surface area contributed by atoms with Gasteiger partial charge in [-0.15, -0.1) is 0 Å². The van der Waals surface area contributed by atoms with E-state index in [1.165, 1.54) is 11.9 Å². The minimum atomic E-state index is -0.337. The van der Waals surface area contributed by atoms with E-state index in [-0.39, 0.29) is 11.4 Å². The van der Waals surface area contributed by atoms with Crippen molar-refractivity contribution in [2.45, 2.75) is 32.7 Å². The Morgan fingerprint density at radius 2 is 2.00 bits per heavy atom. The molecule has 0 aliphatic carbocycles. The van der Waals surface area contributed by atoms with Gasteiger partial charge in [0.2, 0.25) is 0 Å². The number of amides is 1. The van der Waals surface area contributed by atoms with Crippen LogP contribution in [0.25, 0.3) is 6.08 Å². The molecule has 0 radical (unpaired) electrons. The summed E-state index contributed by atoms with van der Waals surface area (Å²) in [6.07, 6.45) is 4.55. The first-order valence-corrected chi connectivity index (χ1v) is 13.2. The molecule has 1 aliphatic heterocycles. The highest BCUT2D eigenvalue weighted by atomic mass is 35.5. The number of rotatable bonds is 10. The molecule has 0 fully saturated rings. The highest BCUT2D eigenvalue weighted by Gasteiger charge is 2.17. The second-order valence-corrected chi connectivity index (χ2v) is 10.6. The molecule has 3 aromatic rings. The molecule has 9 nitrogen and oxygen atoms in total. The third-order valence-corrected chi connectivity index (χ3v) is 6.11. The highest BCUT2D eigenvalue weighted by Crippen LogP contribution is 2.34. The van der Waals surface area contributed by atoms with Crippen molar-refractivity contribution >= 4 is 40.9 Å². The molecule has 10 heteroatoms. The molecule has 2 heterocycles. The summed E-state index contributed by atoms with van der Waals surface area (Å²) < 4.78 is 11.1. The molecule has 4 rings (SSSR count). The van der Waals surface area contributed by atoms with Gasteiger partial charge in [0.15, 0.2) is 0 Å². The summed E-state index contributed by atoms with van der Waals surface area (Å²) in [5.41, 5.74) is 3.06. The van der Waals surface area contributed by atoms with Crippen molar-refractivity contribution in [1.82, 2.24) is 20.6 Å². The number of nitrogens with zero attached hydrogens (tertiary/aromatic N) is 2. The maximum Gasteiger partial charge on any atom is 0.251 e. The van der Waals surface area contributed by atoms with Crippen molar-refractivity contribution in [2.75, 3.05) is 44.0 Å². The van der Waals surface area contributed by atoms with E-state index in [0.717, 1.165) is 43.1 Å². The van der Waals surface area contributed by atoms with Gasteiger partial charge in [-0.2, -0.15) is 0 Å². The molecule has 1 aromatic heterocycles. The van der Waals surface area contributed by atoms with Gasteiger partial charge in [0.1, 0.15) is 29.5 Å². The van der Waals surface area contributed by atoms with Gasteiger partial charge in [-0.05, 0) is 69.7 Å². The van der Waals surface area contributed by atoms with E-state index in [1.54, 1.807) is 43.5 Å². The van der Waals surface area contributed by atoms with Crippen molar-refractivity contribution in [3.8, 4) is 11.5 Å². The second kappa shape index (κ2) is 12.9. The SMILES string of the molecule is COCCNCC1=Cc2c(ncnc2Nc2ccc(Oc3cccc(C(=O)NC(C)(C)C)c3)c(Cl)c2)NCC1. The number of anilines is 3. The summed E-state index contributed by atoms with van der Waals surface area (Å²) in [5.74, 6) is 2.28. The zero-order valence-electron chi connectivity index (χ0n) is 22.7. The van der Waals surface area contributed by atoms with Crippen LogP contribution < -0.4 is 26.0 Å². The van der Waals surface area contributed by atoms with Crippen LogP contribution in [0.4, 0.5) is 17.3 Å². The standard InChI is InChI=1S/C29H35ClN6O3/c1-29(2,3)36-28(37)20-6-5-7-22(15-20)39-25-9-8-21(16-24(25)30)35-27-23-14-19(17-31-12-13-38-4)10-11-32-26(23)33-18-34-27/h5-9,14-16,18,31H,10-13,17H2,1-4H3,(H,36,37)(H2,32,33,34,35). The molecular weight excluding hydrogens is 516 g/mol. The smallest absolute Gasteiger partial charge is 0.251 e. The van der Waals surface area contributed by atoms with Crippen LogP contribution in [0.5, 0.6) is 11.5 Å². The quantitative estimate of drug-likeness (QED) is 0.240. The van der Waals surface area contributed by atoms with E-state index in [4.69, 9.17) is 21.1 Å². The summed E-state index contributed by atoms with van der Waals surface area (Å²) in [6, 6.07) is 12.4. The van der Waals surface area contributed by atoms with Gasteiger partial charge in [0.25, 0.3) is 5.91 Å². The Balaban J connectivity index is 1.48. The zero-order valence-corrected chi connectivity index (χ0v) is 23.5. The Morgan fingerprint density at radius 3 is 2.77 bits per heavy atom. The fraction of sp³-hybridized carbons (Fsp3) is 0.345. The number of hydrogen-bond donors (Lipinski definition) is 4. The van der Waals surface area contributed by atoms with Crippen LogP contribution in [0, 0.1) is 0 Å². The Hall–Kier alpha value is -3.66. The van der Waals surface area contributed by atoms with Gasteiger partial charge < -0.3 is 30.7 Å². The number of benzene rings is 2. The number of methoxy groups -OCH3 is 1. The van der Waals surface area contributed by atoms with E-state index < -0.39 is 0 Å². The lowest BCUT2D eigenvalue weighted by Crippen LogP contribution is -2.40. The van der Waals surface area contributed by atoms with Crippen LogP contribution in [0.1, 0.15) is 43.1 Å². The summed E-state index contributed by atoms with van der Waals surface area (Å²) in [4.78, 5) is 21.5. The van der Waals surface area contributed by atoms with Crippen LogP contribution in [0.2, 0.25) is 5.02 Å². The number of hydrogen-bond acceptors (Lipinski definition) is 8. The first kappa shape index (κ1) is 28.4. The monoisotopic (exact) mass is 550 g/mol. The van der Waals surface area contributed by atoms with Crippen molar-refractivity contribution in [3.63, 3.8) is 0 Å². The van der Waals surface area contributed by atoms with Gasteiger partial charge in [-0.1, -0.05) is 23.2 Å². The first-order valence-electron chi connectivity index (χ1n) is 12.9. The topological polar surface area (TPSA) is 109 Å². The minimum absolute atomic E-state index is 0.167. The van der Waals surface area contributed by atoms with E-state index in [2.05, 4.69) is 37.3 Å². The predicted octanol–water partition coefficient (Wildman–Crippen LogP) is 5.63. The van der Waals surface area contributed by atoms with E-state index in [1.807, 2.05) is 26.8 Å². The minimum Gasteiger partial charge on any atom is -0.456 e. The highest BCUT2D eigenvalue weighted by molar-refractivity contribution is 6.32. The lowest BCUT2D eigenvalue weighted by Gasteiger charge is -2.20. The van der Waals surface area contributed by atoms with Gasteiger partial charge >= 0.3 is 0 Å². The van der Waals surface area contributed by atoms with Gasteiger partial charge in [-0.25, -0.2) is 9.97 Å². The van der Waals surface area contributed by atoms with E-state index in [9.17, 15) is 4.79 Å². The molecule has 0 saturated carbocycles. The third kappa shape index (κ3) is 8.16. The average molecular weight is 551 g/mol. The number of halogens is 1. The molecule has 2 aromatic carbocycles. The maximum atomic E-state index is 12.5. The zero-order chi connectivity index (χ0) is 27.8. The molecule has 0 spiro atoms. The van der Waals surface area contributed by atoms with Crippen LogP contribution in [-0.2, 0) is 4.74 Å². The van der Waals surface area contributed by atoms with Crippen molar-refractivity contribution < 1.29 is 14.3 Å². The van der Waals surface area contributed by atoms with Crippen molar-refractivity contribution in [1.29, 1.82) is 0 Å². The first-order chi connectivity index (χ1) is 18.7. The van der Waals surface area contributed by atoms with Crippen molar-refractivity contribution in [2.24, 2.45) is 0 Å². The number of ether oxygens (including phenoxy) is 2. The summed E-state index contributed by atoms with van der Waals surface area (Å²) >= 11 is 6.59. The Bertz CT molecular complexity index is 1340. The maximum absolute atomic E-state index is 12.5.